The largest absolute Gasteiger partial charge is 0.350 e. The Kier molecular flexibility index (Phi) is 7.34. The Morgan fingerprint density at radius 3 is 2.53 bits per heavy atom. The zero-order valence-electron chi connectivity index (χ0n) is 11.0. The fourth-order valence-electron chi connectivity index (χ4n) is 2.19. The van der Waals surface area contributed by atoms with Gasteiger partial charge in [0.2, 0.25) is 5.91 Å². The first kappa shape index (κ1) is 18.2. The van der Waals surface area contributed by atoms with Crippen molar-refractivity contribution in [3.8, 4) is 0 Å². The van der Waals surface area contributed by atoms with Crippen LogP contribution in [0.1, 0.15) is 36.9 Å². The molecule has 0 spiro atoms. The van der Waals surface area contributed by atoms with Crippen molar-refractivity contribution in [3.63, 3.8) is 0 Å². The van der Waals surface area contributed by atoms with E-state index in [2.05, 4.69) is 10.3 Å². The summed E-state index contributed by atoms with van der Waals surface area (Å²) >= 11 is 0. The zero-order chi connectivity index (χ0) is 12.3. The van der Waals surface area contributed by atoms with E-state index in [-0.39, 0.29) is 30.7 Å². The predicted octanol–water partition coefficient (Wildman–Crippen LogP) is 2.12. The minimum Gasteiger partial charge on any atom is -0.350 e. The number of rotatable bonds is 3. The smallest absolute Gasteiger partial charge is 0.240 e. The highest BCUT2D eigenvalue weighted by Crippen LogP contribution is 2.27. The number of carbonyl (C=O) groups is 1. The van der Waals surface area contributed by atoms with Gasteiger partial charge in [0.15, 0.2) is 0 Å². The van der Waals surface area contributed by atoms with Crippen molar-refractivity contribution in [3.05, 3.63) is 29.6 Å². The van der Waals surface area contributed by atoms with Gasteiger partial charge in [-0.25, -0.2) is 0 Å². The Morgan fingerprint density at radius 1 is 1.37 bits per heavy atom. The molecule has 1 saturated carbocycles. The first-order valence-electron chi connectivity index (χ1n) is 6.09. The van der Waals surface area contributed by atoms with Crippen LogP contribution in [-0.4, -0.2) is 16.4 Å². The van der Waals surface area contributed by atoms with E-state index in [1.54, 1.807) is 6.20 Å². The van der Waals surface area contributed by atoms with Crippen LogP contribution < -0.4 is 11.1 Å². The molecule has 4 nitrogen and oxygen atoms in total. The van der Waals surface area contributed by atoms with Crippen LogP contribution in [0.15, 0.2) is 18.3 Å². The van der Waals surface area contributed by atoms with E-state index in [9.17, 15) is 4.79 Å². The van der Waals surface area contributed by atoms with Gasteiger partial charge >= 0.3 is 0 Å². The number of amides is 1. The number of nitrogens with one attached hydrogen (secondary N) is 1. The van der Waals surface area contributed by atoms with Gasteiger partial charge in [0.05, 0.1) is 5.54 Å². The summed E-state index contributed by atoms with van der Waals surface area (Å²) in [6.07, 6.45) is 5.48. The second-order valence-corrected chi connectivity index (χ2v) is 4.85. The Morgan fingerprint density at radius 2 is 2.00 bits per heavy atom. The molecule has 1 aliphatic carbocycles. The van der Waals surface area contributed by atoms with Crippen LogP contribution in [0, 0.1) is 6.92 Å². The maximum Gasteiger partial charge on any atom is 0.240 e. The molecular weight excluding hydrogens is 285 g/mol. The van der Waals surface area contributed by atoms with Crippen LogP contribution in [0.25, 0.3) is 0 Å². The molecule has 1 fully saturated rings. The first-order valence-corrected chi connectivity index (χ1v) is 6.09. The lowest BCUT2D eigenvalue weighted by Crippen LogP contribution is -2.51. The van der Waals surface area contributed by atoms with Crippen molar-refractivity contribution in [2.24, 2.45) is 5.73 Å². The summed E-state index contributed by atoms with van der Waals surface area (Å²) in [5.74, 6) is -0.0319. The normalized spacial score (nSPS) is 16.1. The first-order chi connectivity index (χ1) is 8.10. The van der Waals surface area contributed by atoms with Gasteiger partial charge in [-0.3, -0.25) is 9.78 Å². The van der Waals surface area contributed by atoms with E-state index >= 15 is 0 Å². The standard InChI is InChI=1S/C13H19N3O.2ClH/c1-10-4-5-11(8-15-10)9-16-12(17)13(14)6-2-3-7-13;;/h4-5,8H,2-3,6-7,9,14H2,1H3,(H,16,17);2*1H. The molecule has 1 heterocycles. The fraction of sp³-hybridized carbons (Fsp3) is 0.538. The lowest BCUT2D eigenvalue weighted by Gasteiger charge is -2.22. The maximum atomic E-state index is 12.0. The molecule has 3 N–H and O–H groups in total. The highest BCUT2D eigenvalue weighted by molar-refractivity contribution is 5.86. The van der Waals surface area contributed by atoms with Crippen LogP contribution in [0.3, 0.4) is 0 Å². The Balaban J connectivity index is 0.00000162. The minimum atomic E-state index is -0.641. The molecule has 0 aliphatic heterocycles. The van der Waals surface area contributed by atoms with Crippen molar-refractivity contribution in [1.29, 1.82) is 0 Å². The van der Waals surface area contributed by atoms with Gasteiger partial charge in [0.25, 0.3) is 0 Å². The molecule has 19 heavy (non-hydrogen) atoms. The van der Waals surface area contributed by atoms with Gasteiger partial charge in [0.1, 0.15) is 0 Å². The molecule has 0 aromatic carbocycles. The van der Waals surface area contributed by atoms with Gasteiger partial charge < -0.3 is 11.1 Å². The molecule has 1 aromatic heterocycles. The number of hydrogen-bond donors (Lipinski definition) is 2. The van der Waals surface area contributed by atoms with Gasteiger partial charge in [0, 0.05) is 18.4 Å². The number of aromatic nitrogens is 1. The van der Waals surface area contributed by atoms with E-state index in [0.717, 1.165) is 36.9 Å². The third-order valence-electron chi connectivity index (χ3n) is 3.37. The van der Waals surface area contributed by atoms with Gasteiger partial charge in [-0.1, -0.05) is 18.9 Å². The number of aryl methyl sites for hydroxylation is 1. The van der Waals surface area contributed by atoms with Crippen molar-refractivity contribution in [2.75, 3.05) is 0 Å². The van der Waals surface area contributed by atoms with E-state index < -0.39 is 5.54 Å². The zero-order valence-corrected chi connectivity index (χ0v) is 12.6. The molecule has 1 amide bonds. The molecule has 0 unspecified atom stereocenters. The number of nitrogens with zero attached hydrogens (tertiary/aromatic N) is 1. The molecule has 1 aromatic rings. The average Bonchev–Trinajstić information content (AvgIpc) is 2.76. The topological polar surface area (TPSA) is 68.0 Å². The summed E-state index contributed by atoms with van der Waals surface area (Å²) in [6.45, 7) is 2.45. The number of hydrogen-bond acceptors (Lipinski definition) is 3. The van der Waals surface area contributed by atoms with Crippen molar-refractivity contribution in [2.45, 2.75) is 44.7 Å². The number of nitrogens with two attached hydrogens (primary N) is 1. The van der Waals surface area contributed by atoms with E-state index in [1.165, 1.54) is 0 Å². The van der Waals surface area contributed by atoms with Crippen LogP contribution in [0.2, 0.25) is 0 Å². The molecule has 2 rings (SSSR count). The summed E-state index contributed by atoms with van der Waals surface area (Å²) in [6, 6.07) is 3.91. The Bertz CT molecular complexity index is 403. The van der Waals surface area contributed by atoms with Crippen LogP contribution in [-0.2, 0) is 11.3 Å². The maximum absolute atomic E-state index is 12.0. The molecule has 108 valence electrons. The summed E-state index contributed by atoms with van der Waals surface area (Å²) < 4.78 is 0. The summed E-state index contributed by atoms with van der Waals surface area (Å²) in [5.41, 5.74) is 7.41. The molecule has 0 atom stereocenters. The molecular formula is C13H21Cl2N3O. The lowest BCUT2D eigenvalue weighted by atomic mass is 9.98. The SMILES string of the molecule is Cc1ccc(CNC(=O)C2(N)CCCC2)cn1.Cl.Cl. The lowest BCUT2D eigenvalue weighted by molar-refractivity contribution is -0.126. The third-order valence-corrected chi connectivity index (χ3v) is 3.37. The Labute approximate surface area is 126 Å². The quantitative estimate of drug-likeness (QED) is 0.899. The van der Waals surface area contributed by atoms with Crippen LogP contribution >= 0.6 is 24.8 Å². The number of carbonyl (C=O) groups excluding carboxylic acids is 1. The molecule has 0 bridgehead atoms. The fourth-order valence-corrected chi connectivity index (χ4v) is 2.19. The van der Waals surface area contributed by atoms with Crippen molar-refractivity contribution >= 4 is 30.7 Å². The number of pyridine rings is 1. The molecule has 0 saturated heterocycles. The third kappa shape index (κ3) is 4.64. The minimum absolute atomic E-state index is 0. The highest BCUT2D eigenvalue weighted by atomic mass is 35.5. The number of halogens is 2. The van der Waals surface area contributed by atoms with Crippen LogP contribution in [0.4, 0.5) is 0 Å². The summed E-state index contributed by atoms with van der Waals surface area (Å²) in [4.78, 5) is 16.1. The van der Waals surface area contributed by atoms with Crippen molar-refractivity contribution < 1.29 is 4.79 Å². The van der Waals surface area contributed by atoms with Gasteiger partial charge in [-0.05, 0) is 31.4 Å². The van der Waals surface area contributed by atoms with E-state index in [4.69, 9.17) is 5.73 Å². The van der Waals surface area contributed by atoms with E-state index in [1.807, 2.05) is 19.1 Å². The molecule has 1 aliphatic rings. The predicted molar refractivity (Wildman–Crippen MR) is 80.7 cm³/mol. The average molecular weight is 306 g/mol. The second kappa shape index (κ2) is 7.68. The summed E-state index contributed by atoms with van der Waals surface area (Å²) in [5, 5.41) is 2.90. The van der Waals surface area contributed by atoms with Crippen molar-refractivity contribution in [1.82, 2.24) is 10.3 Å². The van der Waals surface area contributed by atoms with Gasteiger partial charge in [-0.2, -0.15) is 0 Å². The van der Waals surface area contributed by atoms with Crippen LogP contribution in [0.5, 0.6) is 0 Å². The summed E-state index contributed by atoms with van der Waals surface area (Å²) in [7, 11) is 0. The van der Waals surface area contributed by atoms with E-state index in [0.29, 0.717) is 6.54 Å². The second-order valence-electron chi connectivity index (χ2n) is 4.85. The molecule has 0 radical (unpaired) electrons. The Hall–Kier alpha value is -0.840. The highest BCUT2D eigenvalue weighted by Gasteiger charge is 2.36. The van der Waals surface area contributed by atoms with Gasteiger partial charge in [-0.15, -0.1) is 24.8 Å². The molecule has 6 heteroatoms. The monoisotopic (exact) mass is 305 g/mol.